The molecule has 3 nitrogen and oxygen atoms in total. The summed E-state index contributed by atoms with van der Waals surface area (Å²) in [6, 6.07) is 72.4. The van der Waals surface area contributed by atoms with E-state index >= 15 is 0 Å². The van der Waals surface area contributed by atoms with Gasteiger partial charge in [-0.25, -0.2) is 9.97 Å². The molecular formula is C57H39N3. The number of hydrogen-bond donors (Lipinski definition) is 0. The summed E-state index contributed by atoms with van der Waals surface area (Å²) >= 11 is 0. The zero-order chi connectivity index (χ0) is 40.0. The molecule has 0 radical (unpaired) electrons. The van der Waals surface area contributed by atoms with Gasteiger partial charge in [0.25, 0.3) is 0 Å². The summed E-state index contributed by atoms with van der Waals surface area (Å²) in [5.41, 5.74) is 15.7. The third kappa shape index (κ3) is 5.29. The molecule has 0 N–H and O–H groups in total. The van der Waals surface area contributed by atoms with E-state index < -0.39 is 0 Å². The standard InChI is InChI=1S/C57H39N3/c1-57(2)50-35-47(37-18-8-4-9-19-37)46(36-16-6-3-7-17-36)34-49(50)55-53(57)54(38-20-10-5-11-21-38)58-56(59-55)43-27-26-42-31-44(29-28-41(42)30-43)60-51-25-15-14-24-45(51)48-32-39-22-12-13-23-40(39)33-52(48)60/h3-35H,1-2H3. The Balaban J connectivity index is 1.04. The highest BCUT2D eigenvalue weighted by Gasteiger charge is 2.41. The zero-order valence-corrected chi connectivity index (χ0v) is 33.4. The van der Waals surface area contributed by atoms with Crippen LogP contribution in [0.5, 0.6) is 0 Å². The number of aromatic nitrogens is 3. The van der Waals surface area contributed by atoms with Crippen LogP contribution in [0.3, 0.4) is 0 Å². The molecule has 2 aromatic heterocycles. The SMILES string of the molecule is CC1(C)c2cc(-c3ccccc3)c(-c3ccccc3)cc2-c2nc(-c3ccc4cc(-n5c6ccccc6c6cc7ccccc7cc65)ccc4c3)nc(-c3ccccc3)c21. The van der Waals surface area contributed by atoms with E-state index in [9.17, 15) is 0 Å². The molecule has 11 aromatic rings. The summed E-state index contributed by atoms with van der Waals surface area (Å²) in [6.07, 6.45) is 0. The van der Waals surface area contributed by atoms with Gasteiger partial charge in [0.15, 0.2) is 5.82 Å². The van der Waals surface area contributed by atoms with Gasteiger partial charge in [0.2, 0.25) is 0 Å². The molecule has 0 aliphatic heterocycles. The largest absolute Gasteiger partial charge is 0.309 e. The molecule has 3 heteroatoms. The highest BCUT2D eigenvalue weighted by molar-refractivity contribution is 6.13. The van der Waals surface area contributed by atoms with Gasteiger partial charge in [-0.1, -0.05) is 166 Å². The van der Waals surface area contributed by atoms with Gasteiger partial charge in [-0.05, 0) is 97.9 Å². The topological polar surface area (TPSA) is 30.7 Å². The van der Waals surface area contributed by atoms with Crippen molar-refractivity contribution in [1.82, 2.24) is 14.5 Å². The van der Waals surface area contributed by atoms with Gasteiger partial charge >= 0.3 is 0 Å². The second kappa shape index (κ2) is 13.2. The quantitative estimate of drug-likeness (QED) is 0.175. The molecule has 2 heterocycles. The molecule has 60 heavy (non-hydrogen) atoms. The van der Waals surface area contributed by atoms with Crippen molar-refractivity contribution in [2.24, 2.45) is 0 Å². The van der Waals surface area contributed by atoms with Crippen LogP contribution in [0.2, 0.25) is 0 Å². The molecule has 0 spiro atoms. The van der Waals surface area contributed by atoms with Crippen molar-refractivity contribution in [3.05, 3.63) is 211 Å². The molecule has 12 rings (SSSR count). The third-order valence-electron chi connectivity index (χ3n) is 12.7. The molecule has 9 aromatic carbocycles. The lowest BCUT2D eigenvalue weighted by molar-refractivity contribution is 0.658. The first kappa shape index (κ1) is 34.4. The molecular weight excluding hydrogens is 727 g/mol. The van der Waals surface area contributed by atoms with Crippen molar-refractivity contribution >= 4 is 43.4 Å². The first-order valence-electron chi connectivity index (χ1n) is 20.7. The fraction of sp³-hybridized carbons (Fsp3) is 0.0526. The predicted octanol–water partition coefficient (Wildman–Crippen LogP) is 14.9. The van der Waals surface area contributed by atoms with Crippen molar-refractivity contribution < 1.29 is 0 Å². The summed E-state index contributed by atoms with van der Waals surface area (Å²) in [5.74, 6) is 0.727. The Morgan fingerprint density at radius 2 is 0.950 bits per heavy atom. The molecule has 0 saturated carbocycles. The van der Waals surface area contributed by atoms with E-state index in [2.05, 4.69) is 219 Å². The predicted molar refractivity (Wildman–Crippen MR) is 251 cm³/mol. The van der Waals surface area contributed by atoms with E-state index in [1.54, 1.807) is 0 Å². The second-order valence-electron chi connectivity index (χ2n) is 16.6. The van der Waals surface area contributed by atoms with Crippen LogP contribution in [0.15, 0.2) is 200 Å². The number of hydrogen-bond acceptors (Lipinski definition) is 2. The average molecular weight is 766 g/mol. The second-order valence-corrected chi connectivity index (χ2v) is 16.6. The summed E-state index contributed by atoms with van der Waals surface area (Å²) in [4.78, 5) is 11.0. The van der Waals surface area contributed by atoms with Gasteiger partial charge in [-0.3, -0.25) is 0 Å². The minimum absolute atomic E-state index is 0.341. The van der Waals surface area contributed by atoms with Crippen LogP contribution in [0, 0.1) is 0 Å². The number of fused-ring (bicyclic) bond motifs is 8. The van der Waals surface area contributed by atoms with Crippen molar-refractivity contribution in [1.29, 1.82) is 0 Å². The van der Waals surface area contributed by atoms with Crippen molar-refractivity contribution in [2.45, 2.75) is 19.3 Å². The number of para-hydroxylation sites is 1. The number of nitrogens with zero attached hydrogens (tertiary/aromatic N) is 3. The smallest absolute Gasteiger partial charge is 0.160 e. The minimum Gasteiger partial charge on any atom is -0.309 e. The summed E-state index contributed by atoms with van der Waals surface area (Å²) < 4.78 is 2.41. The van der Waals surface area contributed by atoms with Gasteiger partial charge in [0.1, 0.15) is 0 Å². The van der Waals surface area contributed by atoms with E-state index in [1.807, 2.05) is 0 Å². The maximum atomic E-state index is 5.53. The lowest BCUT2D eigenvalue weighted by Gasteiger charge is -2.25. The normalized spacial score (nSPS) is 13.0. The number of benzene rings is 9. The maximum Gasteiger partial charge on any atom is 0.160 e. The van der Waals surface area contributed by atoms with Crippen LogP contribution in [-0.4, -0.2) is 14.5 Å². The van der Waals surface area contributed by atoms with Crippen LogP contribution in [0.1, 0.15) is 25.0 Å². The fourth-order valence-electron chi connectivity index (χ4n) is 9.79. The monoisotopic (exact) mass is 765 g/mol. The highest BCUT2D eigenvalue weighted by atomic mass is 15.0. The molecule has 1 aliphatic rings. The molecule has 0 unspecified atom stereocenters. The zero-order valence-electron chi connectivity index (χ0n) is 33.4. The minimum atomic E-state index is -0.341. The Hall–Kier alpha value is -7.62. The van der Waals surface area contributed by atoms with Crippen molar-refractivity contribution in [3.63, 3.8) is 0 Å². The van der Waals surface area contributed by atoms with E-state index in [0.29, 0.717) is 0 Å². The first-order valence-corrected chi connectivity index (χ1v) is 20.7. The molecule has 1 aliphatic carbocycles. The summed E-state index contributed by atoms with van der Waals surface area (Å²) in [6.45, 7) is 4.66. The van der Waals surface area contributed by atoms with Crippen molar-refractivity contribution in [2.75, 3.05) is 0 Å². The Bertz CT molecular complexity index is 3490. The van der Waals surface area contributed by atoms with Crippen LogP contribution in [-0.2, 0) is 5.41 Å². The Morgan fingerprint density at radius 1 is 0.383 bits per heavy atom. The molecule has 0 bridgehead atoms. The average Bonchev–Trinajstić information content (AvgIpc) is 3.74. The van der Waals surface area contributed by atoms with E-state index in [1.165, 1.54) is 76.9 Å². The van der Waals surface area contributed by atoms with Crippen LogP contribution >= 0.6 is 0 Å². The lowest BCUT2D eigenvalue weighted by Crippen LogP contribution is -2.17. The Kier molecular flexibility index (Phi) is 7.58. The van der Waals surface area contributed by atoms with Crippen LogP contribution in [0.4, 0.5) is 0 Å². The fourth-order valence-corrected chi connectivity index (χ4v) is 9.79. The van der Waals surface area contributed by atoms with Crippen molar-refractivity contribution in [3.8, 4) is 61.8 Å². The third-order valence-corrected chi connectivity index (χ3v) is 12.7. The Morgan fingerprint density at radius 3 is 1.68 bits per heavy atom. The summed E-state index contributed by atoms with van der Waals surface area (Å²) in [7, 11) is 0. The molecule has 0 saturated heterocycles. The van der Waals surface area contributed by atoms with Gasteiger partial charge in [-0.15, -0.1) is 0 Å². The maximum absolute atomic E-state index is 5.53. The van der Waals surface area contributed by atoms with Gasteiger partial charge in [-0.2, -0.15) is 0 Å². The molecule has 0 atom stereocenters. The van der Waals surface area contributed by atoms with Gasteiger partial charge in [0, 0.05) is 44.1 Å². The molecule has 0 amide bonds. The Labute approximate surface area is 348 Å². The molecule has 0 fully saturated rings. The highest BCUT2D eigenvalue weighted by Crippen LogP contribution is 2.54. The van der Waals surface area contributed by atoms with E-state index in [-0.39, 0.29) is 5.41 Å². The molecule has 282 valence electrons. The van der Waals surface area contributed by atoms with Crippen LogP contribution < -0.4 is 0 Å². The van der Waals surface area contributed by atoms with Gasteiger partial charge in [0.05, 0.1) is 22.4 Å². The van der Waals surface area contributed by atoms with Crippen LogP contribution in [0.25, 0.3) is 105 Å². The lowest BCUT2D eigenvalue weighted by atomic mass is 9.79. The van der Waals surface area contributed by atoms with E-state index in [4.69, 9.17) is 9.97 Å². The number of rotatable bonds is 5. The van der Waals surface area contributed by atoms with Gasteiger partial charge < -0.3 is 4.57 Å². The van der Waals surface area contributed by atoms with E-state index in [0.717, 1.165) is 39.4 Å². The first-order chi connectivity index (χ1) is 29.5. The summed E-state index contributed by atoms with van der Waals surface area (Å²) in [5, 5.41) is 7.33.